The number of rotatable bonds is 2. The van der Waals surface area contributed by atoms with Gasteiger partial charge in [-0.05, 0) is 49.2 Å². The summed E-state index contributed by atoms with van der Waals surface area (Å²) in [5, 5.41) is 3.32. The smallest absolute Gasteiger partial charge is 0.257 e. The summed E-state index contributed by atoms with van der Waals surface area (Å²) in [7, 11) is 0. The molecule has 0 unspecified atom stereocenters. The Morgan fingerprint density at radius 2 is 1.74 bits per heavy atom. The molecule has 98 valence electrons. The molecule has 0 aliphatic rings. The van der Waals surface area contributed by atoms with E-state index in [4.69, 9.17) is 17.3 Å². The Kier molecular flexibility index (Phi) is 3.76. The molecule has 2 rings (SSSR count). The van der Waals surface area contributed by atoms with Gasteiger partial charge in [0.2, 0.25) is 0 Å². The average Bonchev–Trinajstić information content (AvgIpc) is 2.34. The SMILES string of the molecule is Cc1cc(N)cc(C)c1NC(=O)c1ccccc1Cl. The van der Waals surface area contributed by atoms with Crippen LogP contribution in [0, 0.1) is 13.8 Å². The fourth-order valence-electron chi connectivity index (χ4n) is 2.02. The van der Waals surface area contributed by atoms with E-state index >= 15 is 0 Å². The Balaban J connectivity index is 2.32. The molecule has 2 aromatic rings. The van der Waals surface area contributed by atoms with Crippen LogP contribution in [0.5, 0.6) is 0 Å². The molecule has 0 atom stereocenters. The van der Waals surface area contributed by atoms with E-state index in [-0.39, 0.29) is 5.91 Å². The third-order valence-electron chi connectivity index (χ3n) is 2.91. The Morgan fingerprint density at radius 3 is 2.32 bits per heavy atom. The highest BCUT2D eigenvalue weighted by Crippen LogP contribution is 2.25. The van der Waals surface area contributed by atoms with Crippen LogP contribution >= 0.6 is 11.6 Å². The summed E-state index contributed by atoms with van der Waals surface area (Å²) >= 11 is 6.01. The van der Waals surface area contributed by atoms with Crippen LogP contribution in [-0.2, 0) is 0 Å². The Morgan fingerprint density at radius 1 is 1.16 bits per heavy atom. The number of hydrogen-bond donors (Lipinski definition) is 2. The maximum atomic E-state index is 12.2. The number of benzene rings is 2. The van der Waals surface area contributed by atoms with Crippen molar-refractivity contribution in [1.82, 2.24) is 0 Å². The summed E-state index contributed by atoms with van der Waals surface area (Å²) in [4.78, 5) is 12.2. The second-order valence-corrected chi connectivity index (χ2v) is 4.87. The molecule has 0 saturated carbocycles. The number of amides is 1. The molecule has 1 amide bonds. The number of anilines is 2. The molecule has 19 heavy (non-hydrogen) atoms. The Labute approximate surface area is 117 Å². The number of aryl methyl sites for hydroxylation is 2. The van der Waals surface area contributed by atoms with E-state index in [2.05, 4.69) is 5.32 Å². The number of hydrogen-bond acceptors (Lipinski definition) is 2. The average molecular weight is 275 g/mol. The summed E-state index contributed by atoms with van der Waals surface area (Å²) in [5.41, 5.74) is 9.54. The van der Waals surface area contributed by atoms with Crippen LogP contribution in [0.25, 0.3) is 0 Å². The van der Waals surface area contributed by atoms with Crippen molar-refractivity contribution in [3.8, 4) is 0 Å². The first-order valence-electron chi connectivity index (χ1n) is 5.91. The van der Waals surface area contributed by atoms with Gasteiger partial charge in [-0.3, -0.25) is 4.79 Å². The fourth-order valence-corrected chi connectivity index (χ4v) is 2.24. The van der Waals surface area contributed by atoms with Crippen LogP contribution in [-0.4, -0.2) is 5.91 Å². The molecule has 2 aromatic carbocycles. The first-order chi connectivity index (χ1) is 8.99. The van der Waals surface area contributed by atoms with Crippen molar-refractivity contribution >= 4 is 28.9 Å². The molecule has 0 saturated heterocycles. The molecular weight excluding hydrogens is 260 g/mol. The van der Waals surface area contributed by atoms with Gasteiger partial charge in [-0.15, -0.1) is 0 Å². The standard InChI is InChI=1S/C15H15ClN2O/c1-9-7-11(17)8-10(2)14(9)18-15(19)12-5-3-4-6-13(12)16/h3-8H,17H2,1-2H3,(H,18,19). The van der Waals surface area contributed by atoms with Gasteiger partial charge in [0.1, 0.15) is 0 Å². The van der Waals surface area contributed by atoms with Crippen molar-refractivity contribution in [1.29, 1.82) is 0 Å². The van der Waals surface area contributed by atoms with Crippen molar-refractivity contribution in [3.05, 3.63) is 58.1 Å². The molecule has 0 spiro atoms. The predicted octanol–water partition coefficient (Wildman–Crippen LogP) is 3.79. The highest BCUT2D eigenvalue weighted by molar-refractivity contribution is 6.34. The zero-order chi connectivity index (χ0) is 14.0. The molecule has 0 bridgehead atoms. The van der Waals surface area contributed by atoms with Crippen LogP contribution in [0.15, 0.2) is 36.4 Å². The maximum absolute atomic E-state index is 12.2. The minimum atomic E-state index is -0.221. The van der Waals surface area contributed by atoms with E-state index in [0.29, 0.717) is 16.3 Å². The molecule has 0 heterocycles. The first kappa shape index (κ1) is 13.4. The monoisotopic (exact) mass is 274 g/mol. The molecule has 0 aromatic heterocycles. The summed E-state index contributed by atoms with van der Waals surface area (Å²) in [5.74, 6) is -0.221. The number of carbonyl (C=O) groups is 1. The number of carbonyl (C=O) groups excluding carboxylic acids is 1. The van der Waals surface area contributed by atoms with Gasteiger partial charge >= 0.3 is 0 Å². The van der Waals surface area contributed by atoms with Crippen molar-refractivity contribution in [2.75, 3.05) is 11.1 Å². The largest absolute Gasteiger partial charge is 0.399 e. The summed E-state index contributed by atoms with van der Waals surface area (Å²) in [6, 6.07) is 10.6. The van der Waals surface area contributed by atoms with Crippen molar-refractivity contribution in [3.63, 3.8) is 0 Å². The van der Waals surface area contributed by atoms with Crippen LogP contribution in [0.1, 0.15) is 21.5 Å². The fraction of sp³-hybridized carbons (Fsp3) is 0.133. The van der Waals surface area contributed by atoms with Crippen LogP contribution in [0.2, 0.25) is 5.02 Å². The van der Waals surface area contributed by atoms with E-state index in [0.717, 1.165) is 16.8 Å². The Bertz CT molecular complexity index is 615. The van der Waals surface area contributed by atoms with Crippen molar-refractivity contribution in [2.45, 2.75) is 13.8 Å². The van der Waals surface area contributed by atoms with Crippen LogP contribution < -0.4 is 11.1 Å². The van der Waals surface area contributed by atoms with E-state index in [1.807, 2.05) is 26.0 Å². The molecular formula is C15H15ClN2O. The zero-order valence-corrected chi connectivity index (χ0v) is 11.6. The molecule has 0 aliphatic heterocycles. The lowest BCUT2D eigenvalue weighted by molar-refractivity contribution is 0.102. The van der Waals surface area contributed by atoms with Crippen LogP contribution in [0.3, 0.4) is 0 Å². The van der Waals surface area contributed by atoms with Gasteiger partial charge in [-0.25, -0.2) is 0 Å². The molecule has 3 N–H and O–H groups in total. The Hall–Kier alpha value is -2.00. The third-order valence-corrected chi connectivity index (χ3v) is 3.24. The zero-order valence-electron chi connectivity index (χ0n) is 10.8. The van der Waals surface area contributed by atoms with E-state index in [1.165, 1.54) is 0 Å². The number of nitrogens with one attached hydrogen (secondary N) is 1. The first-order valence-corrected chi connectivity index (χ1v) is 6.29. The summed E-state index contributed by atoms with van der Waals surface area (Å²) < 4.78 is 0. The molecule has 4 heteroatoms. The van der Waals surface area contributed by atoms with Crippen molar-refractivity contribution in [2.24, 2.45) is 0 Å². The molecule has 0 fully saturated rings. The van der Waals surface area contributed by atoms with Crippen LogP contribution in [0.4, 0.5) is 11.4 Å². The lowest BCUT2D eigenvalue weighted by Crippen LogP contribution is -2.14. The second kappa shape index (κ2) is 5.33. The lowest BCUT2D eigenvalue weighted by atomic mass is 10.1. The van der Waals surface area contributed by atoms with Gasteiger partial charge in [0.05, 0.1) is 10.6 Å². The topological polar surface area (TPSA) is 55.1 Å². The lowest BCUT2D eigenvalue weighted by Gasteiger charge is -2.13. The van der Waals surface area contributed by atoms with Gasteiger partial charge in [0.25, 0.3) is 5.91 Å². The van der Waals surface area contributed by atoms with E-state index in [1.54, 1.807) is 24.3 Å². The highest BCUT2D eigenvalue weighted by atomic mass is 35.5. The quantitative estimate of drug-likeness (QED) is 0.819. The molecule has 0 radical (unpaired) electrons. The van der Waals surface area contributed by atoms with Gasteiger partial charge in [0.15, 0.2) is 0 Å². The third kappa shape index (κ3) is 2.88. The number of halogens is 1. The van der Waals surface area contributed by atoms with Gasteiger partial charge in [-0.2, -0.15) is 0 Å². The second-order valence-electron chi connectivity index (χ2n) is 4.46. The maximum Gasteiger partial charge on any atom is 0.257 e. The predicted molar refractivity (Wildman–Crippen MR) is 79.7 cm³/mol. The van der Waals surface area contributed by atoms with Gasteiger partial charge in [-0.1, -0.05) is 23.7 Å². The summed E-state index contributed by atoms with van der Waals surface area (Å²) in [6.07, 6.45) is 0. The van der Waals surface area contributed by atoms with E-state index in [9.17, 15) is 4.79 Å². The highest BCUT2D eigenvalue weighted by Gasteiger charge is 2.12. The minimum Gasteiger partial charge on any atom is -0.399 e. The molecule has 0 aliphatic carbocycles. The normalized spacial score (nSPS) is 10.3. The minimum absolute atomic E-state index is 0.221. The van der Waals surface area contributed by atoms with Gasteiger partial charge in [0, 0.05) is 11.4 Å². The van der Waals surface area contributed by atoms with E-state index < -0.39 is 0 Å². The van der Waals surface area contributed by atoms with Gasteiger partial charge < -0.3 is 11.1 Å². The molecule has 3 nitrogen and oxygen atoms in total. The number of nitrogens with two attached hydrogens (primary N) is 1. The number of nitrogen functional groups attached to an aromatic ring is 1. The summed E-state index contributed by atoms with van der Waals surface area (Å²) in [6.45, 7) is 3.82. The van der Waals surface area contributed by atoms with Crippen molar-refractivity contribution < 1.29 is 4.79 Å².